The number of amides is 3. The molecule has 1 saturated heterocycles. The maximum Gasteiger partial charge on any atom is 0.338 e. The predicted octanol–water partition coefficient (Wildman–Crippen LogP) is 5.82. The van der Waals surface area contributed by atoms with Crippen molar-refractivity contribution in [3.05, 3.63) is 105 Å². The molecule has 7 nitrogen and oxygen atoms in total. The highest BCUT2D eigenvalue weighted by Gasteiger charge is 2.35. The fourth-order valence-corrected chi connectivity index (χ4v) is 4.44. The molecule has 0 aliphatic carbocycles. The van der Waals surface area contributed by atoms with Crippen molar-refractivity contribution in [3.8, 4) is 0 Å². The Bertz CT molecular complexity index is 1410. The molecule has 10 heteroatoms. The van der Waals surface area contributed by atoms with Crippen LogP contribution in [0.3, 0.4) is 0 Å². The van der Waals surface area contributed by atoms with Crippen molar-refractivity contribution in [1.29, 1.82) is 0 Å². The van der Waals surface area contributed by atoms with E-state index in [4.69, 9.17) is 16.3 Å². The standard InChI is InChI=1S/C27H20ClFN2O5S/c1-16-2-10-21(11-3-16)30-24(32)15-36-26(34)18-6-4-17(5-7-18)12-23-25(33)31(27(35)37-23)14-19-8-9-20(29)13-22(19)28/h2-13H,14-15H2,1H3,(H,30,32)/b23-12-. The molecule has 4 rings (SSSR count). The first-order valence-electron chi connectivity index (χ1n) is 11.0. The Kier molecular flexibility index (Phi) is 8.05. The van der Waals surface area contributed by atoms with Crippen molar-refractivity contribution in [2.45, 2.75) is 13.5 Å². The molecular formula is C27H20ClFN2O5S. The molecule has 188 valence electrons. The average Bonchev–Trinajstić information content (AvgIpc) is 3.13. The summed E-state index contributed by atoms with van der Waals surface area (Å²) in [5, 5.41) is 2.30. The quantitative estimate of drug-likeness (QED) is 0.301. The molecular weight excluding hydrogens is 519 g/mol. The molecule has 3 aromatic rings. The summed E-state index contributed by atoms with van der Waals surface area (Å²) in [7, 11) is 0. The topological polar surface area (TPSA) is 92.8 Å². The number of anilines is 1. The van der Waals surface area contributed by atoms with Crippen LogP contribution >= 0.6 is 23.4 Å². The van der Waals surface area contributed by atoms with Crippen LogP contribution < -0.4 is 5.32 Å². The number of ether oxygens (including phenoxy) is 1. The van der Waals surface area contributed by atoms with E-state index in [0.717, 1.165) is 28.3 Å². The van der Waals surface area contributed by atoms with Crippen LogP contribution in [0.25, 0.3) is 6.08 Å². The van der Waals surface area contributed by atoms with Crippen LogP contribution in [-0.2, 0) is 20.9 Å². The van der Waals surface area contributed by atoms with Gasteiger partial charge in [0.05, 0.1) is 17.0 Å². The minimum atomic E-state index is -0.679. The van der Waals surface area contributed by atoms with E-state index in [9.17, 15) is 23.6 Å². The fraction of sp³-hybridized carbons (Fsp3) is 0.111. The Balaban J connectivity index is 1.34. The van der Waals surface area contributed by atoms with Crippen LogP contribution in [0.1, 0.15) is 27.0 Å². The Hall–Kier alpha value is -3.95. The number of nitrogens with zero attached hydrogens (tertiary/aromatic N) is 1. The molecule has 1 N–H and O–H groups in total. The van der Waals surface area contributed by atoms with E-state index in [1.54, 1.807) is 24.3 Å². The maximum atomic E-state index is 13.3. The number of aryl methyl sites for hydroxylation is 1. The second-order valence-electron chi connectivity index (χ2n) is 8.12. The van der Waals surface area contributed by atoms with Gasteiger partial charge in [-0.25, -0.2) is 9.18 Å². The zero-order valence-electron chi connectivity index (χ0n) is 19.5. The summed E-state index contributed by atoms with van der Waals surface area (Å²) in [6.07, 6.45) is 1.53. The number of halogens is 2. The first-order valence-corrected chi connectivity index (χ1v) is 12.2. The highest BCUT2D eigenvalue weighted by molar-refractivity contribution is 8.18. The molecule has 3 amide bonds. The molecule has 0 saturated carbocycles. The minimum Gasteiger partial charge on any atom is -0.452 e. The van der Waals surface area contributed by atoms with E-state index in [0.29, 0.717) is 16.8 Å². The Morgan fingerprint density at radius 3 is 2.43 bits per heavy atom. The fourth-order valence-electron chi connectivity index (χ4n) is 3.37. The van der Waals surface area contributed by atoms with Gasteiger partial charge < -0.3 is 10.1 Å². The molecule has 0 bridgehead atoms. The van der Waals surface area contributed by atoms with Gasteiger partial charge in [-0.1, -0.05) is 47.5 Å². The van der Waals surface area contributed by atoms with Crippen LogP contribution in [0.15, 0.2) is 71.6 Å². The highest BCUT2D eigenvalue weighted by atomic mass is 35.5. The normalized spacial score (nSPS) is 14.2. The molecule has 1 fully saturated rings. The van der Waals surface area contributed by atoms with Crippen molar-refractivity contribution in [2.75, 3.05) is 11.9 Å². The number of benzene rings is 3. The van der Waals surface area contributed by atoms with Gasteiger partial charge in [-0.15, -0.1) is 0 Å². The van der Waals surface area contributed by atoms with Crippen LogP contribution in [0.2, 0.25) is 5.02 Å². The summed E-state index contributed by atoms with van der Waals surface area (Å²) in [6.45, 7) is 1.41. The van der Waals surface area contributed by atoms with Crippen LogP contribution in [0.4, 0.5) is 14.9 Å². The molecule has 37 heavy (non-hydrogen) atoms. The van der Waals surface area contributed by atoms with Crippen molar-refractivity contribution in [1.82, 2.24) is 4.90 Å². The highest BCUT2D eigenvalue weighted by Crippen LogP contribution is 2.34. The van der Waals surface area contributed by atoms with E-state index < -0.39 is 35.4 Å². The number of thioether (sulfide) groups is 1. The van der Waals surface area contributed by atoms with Crippen molar-refractivity contribution in [3.63, 3.8) is 0 Å². The zero-order chi connectivity index (χ0) is 26.5. The van der Waals surface area contributed by atoms with Crippen LogP contribution in [0, 0.1) is 12.7 Å². The van der Waals surface area contributed by atoms with Gasteiger partial charge in [-0.05, 0) is 72.3 Å². The largest absolute Gasteiger partial charge is 0.452 e. The summed E-state index contributed by atoms with van der Waals surface area (Å²) < 4.78 is 18.3. The van der Waals surface area contributed by atoms with E-state index in [1.165, 1.54) is 30.3 Å². The number of esters is 1. The SMILES string of the molecule is Cc1ccc(NC(=O)COC(=O)c2ccc(/C=C3\SC(=O)N(Cc4ccc(F)cc4Cl)C3=O)cc2)cc1. The number of hydrogen-bond donors (Lipinski definition) is 1. The predicted molar refractivity (Wildman–Crippen MR) is 139 cm³/mol. The van der Waals surface area contributed by atoms with Crippen molar-refractivity contribution < 1.29 is 28.3 Å². The van der Waals surface area contributed by atoms with E-state index in [2.05, 4.69) is 5.32 Å². The molecule has 1 aliphatic heterocycles. The number of carbonyl (C=O) groups excluding carboxylic acids is 4. The third-order valence-electron chi connectivity index (χ3n) is 5.33. The summed E-state index contributed by atoms with van der Waals surface area (Å²) >= 11 is 6.79. The van der Waals surface area contributed by atoms with Gasteiger partial charge in [0.2, 0.25) is 0 Å². The summed E-state index contributed by atoms with van der Waals surface area (Å²) in [4.78, 5) is 50.7. The second kappa shape index (κ2) is 11.4. The second-order valence-corrected chi connectivity index (χ2v) is 9.52. The van der Waals surface area contributed by atoms with Crippen LogP contribution in [-0.4, -0.2) is 34.5 Å². The summed E-state index contributed by atoms with van der Waals surface area (Å²) in [5.74, 6) is -2.16. The van der Waals surface area contributed by atoms with Gasteiger partial charge in [0.1, 0.15) is 5.82 Å². The summed E-state index contributed by atoms with van der Waals surface area (Å²) in [6, 6.07) is 17.1. The smallest absolute Gasteiger partial charge is 0.338 e. The lowest BCUT2D eigenvalue weighted by molar-refractivity contribution is -0.123. The summed E-state index contributed by atoms with van der Waals surface area (Å²) in [5.41, 5.74) is 2.90. The first kappa shape index (κ1) is 26.1. The van der Waals surface area contributed by atoms with Crippen molar-refractivity contribution in [2.24, 2.45) is 0 Å². The lowest BCUT2D eigenvalue weighted by Gasteiger charge is -2.13. The Labute approximate surface area is 221 Å². The van der Waals surface area contributed by atoms with E-state index in [1.807, 2.05) is 19.1 Å². The number of rotatable bonds is 7. The Morgan fingerprint density at radius 1 is 1.05 bits per heavy atom. The zero-order valence-corrected chi connectivity index (χ0v) is 21.1. The van der Waals surface area contributed by atoms with Gasteiger partial charge in [0, 0.05) is 10.7 Å². The third kappa shape index (κ3) is 6.63. The molecule has 1 heterocycles. The Morgan fingerprint density at radius 2 is 1.76 bits per heavy atom. The number of hydrogen-bond acceptors (Lipinski definition) is 6. The van der Waals surface area contributed by atoms with Gasteiger partial charge in [-0.3, -0.25) is 19.3 Å². The number of imide groups is 1. The van der Waals surface area contributed by atoms with E-state index >= 15 is 0 Å². The van der Waals surface area contributed by atoms with Gasteiger partial charge in [0.25, 0.3) is 17.1 Å². The molecule has 0 radical (unpaired) electrons. The lowest BCUT2D eigenvalue weighted by atomic mass is 10.1. The molecule has 1 aliphatic rings. The molecule has 0 spiro atoms. The lowest BCUT2D eigenvalue weighted by Crippen LogP contribution is -2.27. The van der Waals surface area contributed by atoms with E-state index in [-0.39, 0.29) is 22.0 Å². The monoisotopic (exact) mass is 538 g/mol. The average molecular weight is 539 g/mol. The van der Waals surface area contributed by atoms with Gasteiger partial charge in [-0.2, -0.15) is 0 Å². The van der Waals surface area contributed by atoms with Gasteiger partial charge in [0.15, 0.2) is 6.61 Å². The first-order chi connectivity index (χ1) is 17.7. The minimum absolute atomic E-state index is 0.0800. The molecule has 0 aromatic heterocycles. The molecule has 3 aromatic carbocycles. The molecule has 0 unspecified atom stereocenters. The third-order valence-corrected chi connectivity index (χ3v) is 6.59. The number of nitrogens with one attached hydrogen (secondary N) is 1. The number of carbonyl (C=O) groups is 4. The maximum absolute atomic E-state index is 13.3. The van der Waals surface area contributed by atoms with Crippen LogP contribution in [0.5, 0.6) is 0 Å². The van der Waals surface area contributed by atoms with Crippen molar-refractivity contribution >= 4 is 58.1 Å². The van der Waals surface area contributed by atoms with Gasteiger partial charge >= 0.3 is 5.97 Å². The molecule has 0 atom stereocenters.